The topological polar surface area (TPSA) is 26.3 Å². The molecule has 0 amide bonds. The summed E-state index contributed by atoms with van der Waals surface area (Å²) < 4.78 is 6.56. The van der Waals surface area contributed by atoms with Gasteiger partial charge in [0.15, 0.2) is 0 Å². The fourth-order valence-corrected chi connectivity index (χ4v) is 10.3. The molecule has 8 atom stereocenters. The van der Waals surface area contributed by atoms with E-state index in [2.05, 4.69) is 25.6 Å². The van der Waals surface area contributed by atoms with Crippen LogP contribution in [0.5, 0.6) is 0 Å². The average Bonchev–Trinajstić information content (AvgIpc) is 2.98. The Labute approximate surface area is 173 Å². The minimum atomic E-state index is 0.0283. The summed E-state index contributed by atoms with van der Waals surface area (Å²) in [5.74, 6) is 7.53. The van der Waals surface area contributed by atoms with Crippen molar-refractivity contribution in [3.05, 3.63) is 0 Å². The average molecular weight is 409 g/mol. The van der Waals surface area contributed by atoms with E-state index in [1.54, 1.807) is 0 Å². The molecule has 1 aliphatic heterocycles. The maximum atomic E-state index is 12.6. The number of carbonyl (C=O) groups excluding carboxylic acids is 1. The third-order valence-electron chi connectivity index (χ3n) is 9.46. The Kier molecular flexibility index (Phi) is 5.17. The molecule has 1 heterocycles. The molecule has 0 aromatic rings. The number of carbonyl (C=O) groups is 1. The van der Waals surface area contributed by atoms with E-state index in [0.717, 1.165) is 30.6 Å². The number of fused-ring (bicyclic) bond motifs is 5. The quantitative estimate of drug-likeness (QED) is 0.578. The van der Waals surface area contributed by atoms with Gasteiger partial charge < -0.3 is 4.74 Å². The standard InChI is InChI=1S/C23H36O2S2/c1-22-9-7-16(25-21-14-26-11-12-27-21)13-15(22)3-4-17-18-5-6-20(24)23(18,2)10-8-19(17)22/h15-19,21H,3-14H2,1-2H3/t15?,16-,17-,18-,19-,21?,22-,23-/m0/s1. The van der Waals surface area contributed by atoms with Crippen LogP contribution < -0.4 is 0 Å². The molecule has 4 saturated carbocycles. The van der Waals surface area contributed by atoms with Crippen molar-refractivity contribution in [1.29, 1.82) is 0 Å². The van der Waals surface area contributed by atoms with Gasteiger partial charge in [0.2, 0.25) is 0 Å². The molecular weight excluding hydrogens is 372 g/mol. The lowest BCUT2D eigenvalue weighted by Crippen LogP contribution is -2.54. The molecular formula is C23H36O2S2. The van der Waals surface area contributed by atoms with E-state index < -0.39 is 0 Å². The van der Waals surface area contributed by atoms with Gasteiger partial charge in [-0.05, 0) is 80.5 Å². The van der Waals surface area contributed by atoms with Gasteiger partial charge in [0.1, 0.15) is 11.2 Å². The number of ether oxygens (including phenoxy) is 1. The maximum absolute atomic E-state index is 12.6. The zero-order chi connectivity index (χ0) is 18.6. The molecule has 0 aromatic heterocycles. The predicted octanol–water partition coefficient (Wildman–Crippen LogP) is 5.79. The highest BCUT2D eigenvalue weighted by molar-refractivity contribution is 8.06. The zero-order valence-corrected chi connectivity index (χ0v) is 18.7. The fourth-order valence-electron chi connectivity index (χ4n) is 7.87. The van der Waals surface area contributed by atoms with Crippen molar-refractivity contribution in [2.75, 3.05) is 17.3 Å². The van der Waals surface area contributed by atoms with Crippen LogP contribution in [0, 0.1) is 34.5 Å². The molecule has 0 N–H and O–H groups in total. The lowest BCUT2D eigenvalue weighted by atomic mass is 9.45. The van der Waals surface area contributed by atoms with Crippen LogP contribution in [-0.2, 0) is 9.53 Å². The first-order chi connectivity index (χ1) is 13.0. The lowest BCUT2D eigenvalue weighted by Gasteiger charge is -2.60. The summed E-state index contributed by atoms with van der Waals surface area (Å²) in [7, 11) is 0. The van der Waals surface area contributed by atoms with Crippen LogP contribution in [-0.4, -0.2) is 34.6 Å². The maximum Gasteiger partial charge on any atom is 0.139 e. The summed E-state index contributed by atoms with van der Waals surface area (Å²) in [4.78, 5) is 12.6. The van der Waals surface area contributed by atoms with Crippen LogP contribution in [0.15, 0.2) is 0 Å². The van der Waals surface area contributed by atoms with Gasteiger partial charge in [0, 0.05) is 29.1 Å². The van der Waals surface area contributed by atoms with Gasteiger partial charge in [-0.1, -0.05) is 13.8 Å². The number of hydrogen-bond donors (Lipinski definition) is 0. The highest BCUT2D eigenvalue weighted by Gasteiger charge is 2.60. The van der Waals surface area contributed by atoms with Gasteiger partial charge in [-0.15, -0.1) is 11.8 Å². The third-order valence-corrected chi connectivity index (χ3v) is 12.0. The molecule has 2 unspecified atom stereocenters. The molecule has 5 rings (SSSR count). The first-order valence-corrected chi connectivity index (χ1v) is 13.6. The Balaban J connectivity index is 1.28. The number of rotatable bonds is 2. The second-order valence-corrected chi connectivity index (χ2v) is 12.9. The van der Waals surface area contributed by atoms with Crippen molar-refractivity contribution in [3.63, 3.8) is 0 Å². The number of ketones is 1. The van der Waals surface area contributed by atoms with Crippen LogP contribution in [0.3, 0.4) is 0 Å². The number of hydrogen-bond acceptors (Lipinski definition) is 4. The molecule has 152 valence electrons. The summed E-state index contributed by atoms with van der Waals surface area (Å²) >= 11 is 4.10. The van der Waals surface area contributed by atoms with Gasteiger partial charge in [-0.2, -0.15) is 11.8 Å². The van der Waals surface area contributed by atoms with Crippen molar-refractivity contribution in [2.24, 2.45) is 34.5 Å². The summed E-state index contributed by atoms with van der Waals surface area (Å²) in [6, 6.07) is 0. The van der Waals surface area contributed by atoms with E-state index in [9.17, 15) is 4.79 Å². The van der Waals surface area contributed by atoms with Crippen LogP contribution in [0.4, 0.5) is 0 Å². The van der Waals surface area contributed by atoms with E-state index in [1.807, 2.05) is 11.8 Å². The van der Waals surface area contributed by atoms with Crippen LogP contribution in [0.2, 0.25) is 0 Å². The van der Waals surface area contributed by atoms with Crippen molar-refractivity contribution < 1.29 is 9.53 Å². The first-order valence-electron chi connectivity index (χ1n) is 11.4. The molecule has 27 heavy (non-hydrogen) atoms. The van der Waals surface area contributed by atoms with Gasteiger partial charge in [0.25, 0.3) is 0 Å². The summed E-state index contributed by atoms with van der Waals surface area (Å²) in [5.41, 5.74) is 0.972. The number of Topliss-reactive ketones (excluding diaryl/α,β-unsaturated/α-hetero) is 1. The minimum Gasteiger partial charge on any atom is -0.363 e. The van der Waals surface area contributed by atoms with E-state index in [4.69, 9.17) is 4.74 Å². The van der Waals surface area contributed by atoms with Crippen LogP contribution in [0.25, 0.3) is 0 Å². The number of thioether (sulfide) groups is 2. The smallest absolute Gasteiger partial charge is 0.139 e. The highest BCUT2D eigenvalue weighted by atomic mass is 32.2. The van der Waals surface area contributed by atoms with E-state index in [0.29, 0.717) is 28.7 Å². The van der Waals surface area contributed by atoms with Gasteiger partial charge >= 0.3 is 0 Å². The van der Waals surface area contributed by atoms with Crippen molar-refractivity contribution >= 4 is 29.3 Å². The third kappa shape index (κ3) is 3.15. The fraction of sp³-hybridized carbons (Fsp3) is 0.957. The molecule has 0 aromatic carbocycles. The molecule has 2 nitrogen and oxygen atoms in total. The molecule has 5 aliphatic rings. The summed E-state index contributed by atoms with van der Waals surface area (Å²) in [5, 5.41) is 0. The van der Waals surface area contributed by atoms with Gasteiger partial charge in [0.05, 0.1) is 6.10 Å². The Morgan fingerprint density at radius 2 is 1.89 bits per heavy atom. The van der Waals surface area contributed by atoms with E-state index >= 15 is 0 Å². The zero-order valence-electron chi connectivity index (χ0n) is 17.1. The normalized spacial score (nSPS) is 52.7. The molecule has 0 bridgehead atoms. The summed E-state index contributed by atoms with van der Waals surface area (Å²) in [6.07, 6.45) is 11.7. The SMILES string of the molecule is C[C@]12CC[C@H](OC3CSCCS3)CC1CC[C@@H]1[C@@H]2CC[C@]2(C)C(=O)CC[C@@H]12. The molecule has 0 radical (unpaired) electrons. The Bertz CT molecular complexity index is 589. The van der Waals surface area contributed by atoms with Crippen molar-refractivity contribution in [2.45, 2.75) is 83.2 Å². The molecule has 4 aliphatic carbocycles. The second kappa shape index (κ2) is 7.23. The van der Waals surface area contributed by atoms with E-state index in [1.165, 1.54) is 62.2 Å². The van der Waals surface area contributed by atoms with Crippen LogP contribution in [0.1, 0.15) is 71.6 Å². The Morgan fingerprint density at radius 1 is 1.00 bits per heavy atom. The Hall–Kier alpha value is 0.330. The predicted molar refractivity (Wildman–Crippen MR) is 115 cm³/mol. The van der Waals surface area contributed by atoms with Crippen molar-refractivity contribution in [1.82, 2.24) is 0 Å². The largest absolute Gasteiger partial charge is 0.363 e. The van der Waals surface area contributed by atoms with Gasteiger partial charge in [-0.25, -0.2) is 0 Å². The van der Waals surface area contributed by atoms with Gasteiger partial charge in [-0.3, -0.25) is 4.79 Å². The summed E-state index contributed by atoms with van der Waals surface area (Å²) in [6.45, 7) is 4.93. The first kappa shape index (κ1) is 19.3. The molecule has 1 saturated heterocycles. The highest BCUT2D eigenvalue weighted by Crippen LogP contribution is 2.65. The molecule has 4 heteroatoms. The lowest BCUT2D eigenvalue weighted by molar-refractivity contribution is -0.145. The Morgan fingerprint density at radius 3 is 2.70 bits per heavy atom. The van der Waals surface area contributed by atoms with Crippen molar-refractivity contribution in [3.8, 4) is 0 Å². The van der Waals surface area contributed by atoms with E-state index in [-0.39, 0.29) is 5.41 Å². The molecule has 0 spiro atoms. The van der Waals surface area contributed by atoms with Crippen LogP contribution >= 0.6 is 23.5 Å². The minimum absolute atomic E-state index is 0.0283. The molecule has 5 fully saturated rings. The second-order valence-electron chi connectivity index (χ2n) is 10.5. The monoisotopic (exact) mass is 408 g/mol.